The second kappa shape index (κ2) is 5.94. The van der Waals surface area contributed by atoms with Gasteiger partial charge in [0.2, 0.25) is 0 Å². The zero-order valence-electron chi connectivity index (χ0n) is 9.78. The molecule has 1 aromatic carbocycles. The van der Waals surface area contributed by atoms with Gasteiger partial charge in [0.25, 0.3) is 0 Å². The molecule has 88 valence electrons. The highest BCUT2D eigenvalue weighted by Gasteiger charge is 1.95. The summed E-state index contributed by atoms with van der Waals surface area (Å²) in [4.78, 5) is 4.31. The van der Waals surface area contributed by atoms with Crippen LogP contribution >= 0.6 is 15.9 Å². The van der Waals surface area contributed by atoms with Gasteiger partial charge in [0.15, 0.2) is 0 Å². The normalized spacial score (nSPS) is 10.5. The Morgan fingerprint density at radius 1 is 1.06 bits per heavy atom. The monoisotopic (exact) mass is 290 g/mol. The number of aromatic nitrogens is 1. The average Bonchev–Trinajstić information content (AvgIpc) is 2.34. The Morgan fingerprint density at radius 2 is 1.82 bits per heavy atom. The molecule has 1 aromatic heterocycles. The first-order valence-electron chi connectivity index (χ1n) is 5.61. The van der Waals surface area contributed by atoms with Crippen LogP contribution in [-0.2, 0) is 13.1 Å². The highest BCUT2D eigenvalue weighted by atomic mass is 79.9. The zero-order chi connectivity index (χ0) is 12.1. The van der Waals surface area contributed by atoms with Crippen molar-refractivity contribution in [1.29, 1.82) is 0 Å². The van der Waals surface area contributed by atoms with Gasteiger partial charge >= 0.3 is 0 Å². The minimum absolute atomic E-state index is 0.793. The Kier molecular flexibility index (Phi) is 4.29. The van der Waals surface area contributed by atoms with Gasteiger partial charge in [0, 0.05) is 23.8 Å². The maximum Gasteiger partial charge on any atom is 0.0542 e. The predicted octanol–water partition coefficient (Wildman–Crippen LogP) is 3.44. The van der Waals surface area contributed by atoms with Crippen LogP contribution in [-0.4, -0.2) is 4.98 Å². The minimum atomic E-state index is 0.793. The summed E-state index contributed by atoms with van der Waals surface area (Å²) in [5.74, 6) is 0. The van der Waals surface area contributed by atoms with Crippen molar-refractivity contribution in [3.8, 4) is 0 Å². The van der Waals surface area contributed by atoms with Crippen LogP contribution in [0.3, 0.4) is 0 Å². The molecule has 0 spiro atoms. The van der Waals surface area contributed by atoms with E-state index >= 15 is 0 Å². The molecule has 0 fully saturated rings. The van der Waals surface area contributed by atoms with Crippen molar-refractivity contribution in [2.24, 2.45) is 0 Å². The van der Waals surface area contributed by atoms with E-state index in [0.29, 0.717) is 0 Å². The number of halogens is 1. The fourth-order valence-electron chi connectivity index (χ4n) is 1.55. The molecular formula is C14H15BrN2. The number of hydrogen-bond acceptors (Lipinski definition) is 2. The van der Waals surface area contributed by atoms with Crippen molar-refractivity contribution in [3.05, 3.63) is 63.9 Å². The third-order valence-electron chi connectivity index (χ3n) is 2.54. The molecule has 1 heterocycles. The van der Waals surface area contributed by atoms with Crippen molar-refractivity contribution >= 4 is 15.9 Å². The number of pyridine rings is 1. The van der Waals surface area contributed by atoms with Gasteiger partial charge in [-0.1, -0.05) is 29.8 Å². The molecule has 0 aliphatic heterocycles. The second-order valence-corrected chi connectivity index (χ2v) is 4.97. The van der Waals surface area contributed by atoms with Crippen LogP contribution in [0, 0.1) is 6.92 Å². The molecule has 0 saturated carbocycles. The molecule has 3 heteroatoms. The van der Waals surface area contributed by atoms with Crippen LogP contribution < -0.4 is 5.32 Å². The van der Waals surface area contributed by atoms with Crippen molar-refractivity contribution in [1.82, 2.24) is 10.3 Å². The zero-order valence-corrected chi connectivity index (χ0v) is 11.4. The number of nitrogens with one attached hydrogen (secondary N) is 1. The van der Waals surface area contributed by atoms with Gasteiger partial charge in [-0.3, -0.25) is 4.98 Å². The maximum atomic E-state index is 4.31. The highest BCUT2D eigenvalue weighted by molar-refractivity contribution is 9.10. The topological polar surface area (TPSA) is 24.9 Å². The van der Waals surface area contributed by atoms with Gasteiger partial charge in [0.05, 0.1) is 5.69 Å². The van der Waals surface area contributed by atoms with E-state index in [1.807, 2.05) is 18.3 Å². The Hall–Kier alpha value is -1.19. The first-order valence-corrected chi connectivity index (χ1v) is 6.40. The molecule has 0 saturated heterocycles. The van der Waals surface area contributed by atoms with Crippen molar-refractivity contribution in [2.45, 2.75) is 20.0 Å². The lowest BCUT2D eigenvalue weighted by atomic mass is 10.1. The van der Waals surface area contributed by atoms with E-state index in [9.17, 15) is 0 Å². The van der Waals surface area contributed by atoms with Gasteiger partial charge in [-0.2, -0.15) is 0 Å². The SMILES string of the molecule is Cc1ccc(CNCc2ccc(Br)cn2)cc1. The Bertz CT molecular complexity index is 417. The van der Waals surface area contributed by atoms with Crippen LogP contribution in [0.25, 0.3) is 0 Å². The van der Waals surface area contributed by atoms with Crippen LogP contribution in [0.1, 0.15) is 16.8 Å². The molecule has 2 nitrogen and oxygen atoms in total. The van der Waals surface area contributed by atoms with Gasteiger partial charge in [-0.05, 0) is 40.5 Å². The quantitative estimate of drug-likeness (QED) is 0.933. The van der Waals surface area contributed by atoms with E-state index in [-0.39, 0.29) is 0 Å². The standard InChI is InChI=1S/C14H15BrN2/c1-11-2-4-12(5-3-11)8-16-10-14-7-6-13(15)9-17-14/h2-7,9,16H,8,10H2,1H3. The van der Waals surface area contributed by atoms with Gasteiger partial charge in [0.1, 0.15) is 0 Å². The van der Waals surface area contributed by atoms with Crippen molar-refractivity contribution in [3.63, 3.8) is 0 Å². The third kappa shape index (κ3) is 3.95. The van der Waals surface area contributed by atoms with Crippen molar-refractivity contribution in [2.75, 3.05) is 0 Å². The van der Waals surface area contributed by atoms with Crippen molar-refractivity contribution < 1.29 is 0 Å². The van der Waals surface area contributed by atoms with Crippen LogP contribution in [0.5, 0.6) is 0 Å². The lowest BCUT2D eigenvalue weighted by molar-refractivity contribution is 0.679. The molecular weight excluding hydrogens is 276 g/mol. The summed E-state index contributed by atoms with van der Waals surface area (Å²) >= 11 is 3.37. The summed E-state index contributed by atoms with van der Waals surface area (Å²) < 4.78 is 1.01. The van der Waals surface area contributed by atoms with E-state index in [2.05, 4.69) is 57.4 Å². The molecule has 1 N–H and O–H groups in total. The Labute approximate surface area is 110 Å². The molecule has 0 aliphatic carbocycles. The molecule has 0 aliphatic rings. The summed E-state index contributed by atoms with van der Waals surface area (Å²) in [6, 6.07) is 12.6. The first-order chi connectivity index (χ1) is 8.24. The van der Waals surface area contributed by atoms with E-state index in [1.165, 1.54) is 11.1 Å². The summed E-state index contributed by atoms with van der Waals surface area (Å²) in [5, 5.41) is 3.38. The van der Waals surface area contributed by atoms with Crippen LogP contribution in [0.4, 0.5) is 0 Å². The Morgan fingerprint density at radius 3 is 2.47 bits per heavy atom. The fourth-order valence-corrected chi connectivity index (χ4v) is 1.79. The number of hydrogen-bond donors (Lipinski definition) is 1. The number of nitrogens with zero attached hydrogens (tertiary/aromatic N) is 1. The largest absolute Gasteiger partial charge is 0.307 e. The predicted molar refractivity (Wildman–Crippen MR) is 73.7 cm³/mol. The molecule has 0 unspecified atom stereocenters. The van der Waals surface area contributed by atoms with E-state index in [4.69, 9.17) is 0 Å². The van der Waals surface area contributed by atoms with E-state index < -0.39 is 0 Å². The van der Waals surface area contributed by atoms with Crippen LogP contribution in [0.2, 0.25) is 0 Å². The first kappa shape index (κ1) is 12.3. The summed E-state index contributed by atoms with van der Waals surface area (Å²) in [5.41, 5.74) is 3.65. The van der Waals surface area contributed by atoms with Gasteiger partial charge in [-0.15, -0.1) is 0 Å². The average molecular weight is 291 g/mol. The maximum absolute atomic E-state index is 4.31. The molecule has 17 heavy (non-hydrogen) atoms. The summed E-state index contributed by atoms with van der Waals surface area (Å²) in [6.45, 7) is 3.77. The number of rotatable bonds is 4. The van der Waals surface area contributed by atoms with Gasteiger partial charge in [-0.25, -0.2) is 0 Å². The molecule has 2 rings (SSSR count). The van der Waals surface area contributed by atoms with E-state index in [1.54, 1.807) is 0 Å². The lowest BCUT2D eigenvalue weighted by Gasteiger charge is -2.05. The molecule has 0 amide bonds. The summed E-state index contributed by atoms with van der Waals surface area (Å²) in [6.07, 6.45) is 1.82. The summed E-state index contributed by atoms with van der Waals surface area (Å²) in [7, 11) is 0. The lowest BCUT2D eigenvalue weighted by Crippen LogP contribution is -2.13. The molecule has 0 bridgehead atoms. The number of aryl methyl sites for hydroxylation is 1. The second-order valence-electron chi connectivity index (χ2n) is 4.06. The smallest absolute Gasteiger partial charge is 0.0542 e. The molecule has 0 radical (unpaired) electrons. The highest BCUT2D eigenvalue weighted by Crippen LogP contribution is 2.07. The fraction of sp³-hybridized carbons (Fsp3) is 0.214. The number of benzene rings is 1. The van der Waals surface area contributed by atoms with Crippen LogP contribution in [0.15, 0.2) is 47.1 Å². The van der Waals surface area contributed by atoms with E-state index in [0.717, 1.165) is 23.3 Å². The Balaban J connectivity index is 1.83. The molecule has 0 atom stereocenters. The minimum Gasteiger partial charge on any atom is -0.307 e. The van der Waals surface area contributed by atoms with Gasteiger partial charge < -0.3 is 5.32 Å². The third-order valence-corrected chi connectivity index (χ3v) is 3.01. The molecule has 2 aromatic rings.